The normalized spacial score (nSPS) is 12.4. The molecule has 4 aromatic heterocycles. The van der Waals surface area contributed by atoms with Crippen LogP contribution in [0.4, 0.5) is 0 Å². The second-order valence-electron chi connectivity index (χ2n) is 21.5. The zero-order chi connectivity index (χ0) is 51.0. The largest absolute Gasteiger partial charge is 0.512 e. The number of nitrogens with zero attached hydrogens (tertiary/aromatic N) is 6. The van der Waals surface area contributed by atoms with Crippen molar-refractivity contribution in [2.45, 2.75) is 72.1 Å². The van der Waals surface area contributed by atoms with Crippen LogP contribution in [0.15, 0.2) is 176 Å². The Morgan fingerprint density at radius 2 is 0.893 bits per heavy atom. The Labute approximate surface area is 449 Å². The maximum absolute atomic E-state index is 12.9. The fourth-order valence-electron chi connectivity index (χ4n) is 10.6. The van der Waals surface area contributed by atoms with Crippen molar-refractivity contribution in [2.75, 3.05) is 0 Å². The first-order chi connectivity index (χ1) is 35.7. The van der Waals surface area contributed by atoms with Crippen molar-refractivity contribution in [1.29, 1.82) is 0 Å². The van der Waals surface area contributed by atoms with E-state index in [1.807, 2.05) is 18.2 Å². The van der Waals surface area contributed by atoms with Gasteiger partial charge in [0.15, 0.2) is 5.78 Å². The van der Waals surface area contributed by atoms with E-state index in [1.165, 1.54) is 13.0 Å². The Bertz CT molecular complexity index is 4050. The van der Waals surface area contributed by atoms with Crippen molar-refractivity contribution in [1.82, 2.24) is 28.7 Å². The summed E-state index contributed by atoms with van der Waals surface area (Å²) in [7, 11) is 0. The molecule has 0 aliphatic heterocycles. The van der Waals surface area contributed by atoms with Crippen molar-refractivity contribution in [3.05, 3.63) is 205 Å². The number of aliphatic hydroxyl groups excluding tert-OH is 1. The molecule has 0 bridgehead atoms. The molecular formula is C66H54IrN6O2-2. The summed E-state index contributed by atoms with van der Waals surface area (Å²) in [4.78, 5) is 34.0. The number of ketones is 1. The summed E-state index contributed by atoms with van der Waals surface area (Å²) in [5.74, 6) is 1.76. The Balaban J connectivity index is 0.00000602. The van der Waals surface area contributed by atoms with Gasteiger partial charge in [-0.3, -0.25) is 24.7 Å². The maximum Gasteiger partial charge on any atom is 0.159 e. The summed E-state index contributed by atoms with van der Waals surface area (Å²) >= 11 is 0. The summed E-state index contributed by atoms with van der Waals surface area (Å²) in [6.45, 7) is 14.7. The smallest absolute Gasteiger partial charge is 0.159 e. The van der Waals surface area contributed by atoms with Gasteiger partial charge in [-0.05, 0) is 106 Å². The van der Waals surface area contributed by atoms with Crippen molar-refractivity contribution in [3.8, 4) is 55.6 Å². The average molecular weight is 1160 g/mol. The molecule has 0 fully saturated rings. The Morgan fingerprint density at radius 1 is 0.507 bits per heavy atom. The minimum Gasteiger partial charge on any atom is -0.512 e. The number of rotatable bonds is 9. The molecule has 9 heteroatoms. The van der Waals surface area contributed by atoms with Crippen molar-refractivity contribution >= 4 is 61.0 Å². The number of allylic oxidation sites excluding steroid dienone is 2. The zero-order valence-electron chi connectivity index (χ0n) is 43.0. The van der Waals surface area contributed by atoms with E-state index in [0.717, 1.165) is 128 Å². The Kier molecular flexibility index (Phi) is 12.4. The standard InChI is InChI=1S/C66H54N6O2.Ir/c1-40(73)34-47(74)31-28-41-18-8-9-19-48(41)44-35-45(51-22-12-10-20-49(51)42-29-32-53-57(38-42)69-63(65(2,3)4)71-59-26-16-14-24-55(59)67-61(53)71)37-46(36-44)52-23-13-11-21-50(52)43-30-33-54-58(39-43)70-64(66(5,6)7)72-60-27-17-15-25-56(60)68-62(54)72;/h8-27,29-30,34-39,73H,28,31H2,1-7H3;/q-2;/b40-34-;. The first-order valence-corrected chi connectivity index (χ1v) is 25.3. The predicted octanol–water partition coefficient (Wildman–Crippen LogP) is 15.9. The first kappa shape index (κ1) is 49.1. The third-order valence-corrected chi connectivity index (χ3v) is 14.0. The number of benzene rings is 8. The molecule has 0 aliphatic rings. The van der Waals surface area contributed by atoms with Gasteiger partial charge in [-0.15, -0.1) is 36.4 Å². The van der Waals surface area contributed by atoms with Crippen LogP contribution in [-0.2, 0) is 42.2 Å². The van der Waals surface area contributed by atoms with E-state index in [-0.39, 0.29) is 48.9 Å². The number of aryl methyl sites for hydroxylation is 1. The van der Waals surface area contributed by atoms with E-state index in [4.69, 9.17) is 19.9 Å². The summed E-state index contributed by atoms with van der Waals surface area (Å²) < 4.78 is 4.39. The molecule has 12 rings (SSSR count). The predicted molar refractivity (Wildman–Crippen MR) is 302 cm³/mol. The van der Waals surface area contributed by atoms with E-state index in [0.29, 0.717) is 6.42 Å². The van der Waals surface area contributed by atoms with Crippen molar-refractivity contribution in [3.63, 3.8) is 0 Å². The average Bonchev–Trinajstić information content (AvgIpc) is 4.01. The minimum atomic E-state index is -0.271. The van der Waals surface area contributed by atoms with Gasteiger partial charge in [0.25, 0.3) is 0 Å². The second kappa shape index (κ2) is 19.0. The molecule has 0 spiro atoms. The Morgan fingerprint density at radius 3 is 1.33 bits per heavy atom. The molecule has 0 saturated heterocycles. The SMILES string of the molecule is C/C(O)=C/C(=O)CCc1ccccc1-c1cc(-c2ccccc2-c2c[c-]c3c(c2)nc(C(C)(C)C)n2c4ccccc4nc32)cc(-c2ccccc2-c2c[c-]c3c(c2)nc(C(C)(C)C)n2c4ccccc4nc32)c1.[Ir]. The molecular weight excluding hydrogens is 1100 g/mol. The topological polar surface area (TPSA) is 97.7 Å². The quantitative estimate of drug-likeness (QED) is 0.0878. The van der Waals surface area contributed by atoms with Gasteiger partial charge in [0.2, 0.25) is 0 Å². The minimum absolute atomic E-state index is 0. The van der Waals surface area contributed by atoms with Crippen LogP contribution in [0.1, 0.15) is 72.1 Å². The molecule has 4 heterocycles. The number of carbonyl (C=O) groups excluding carboxylic acids is 1. The number of carbonyl (C=O) groups is 1. The third-order valence-electron chi connectivity index (χ3n) is 14.0. The molecule has 12 aromatic rings. The van der Waals surface area contributed by atoms with E-state index < -0.39 is 0 Å². The van der Waals surface area contributed by atoms with E-state index in [1.54, 1.807) is 0 Å². The molecule has 1 radical (unpaired) electrons. The third kappa shape index (κ3) is 8.90. The number of aromatic nitrogens is 6. The van der Waals surface area contributed by atoms with Crippen molar-refractivity contribution in [2.24, 2.45) is 0 Å². The van der Waals surface area contributed by atoms with Gasteiger partial charge in [0.05, 0.1) is 39.1 Å². The van der Waals surface area contributed by atoms with Crippen LogP contribution in [-0.4, -0.2) is 39.6 Å². The molecule has 0 saturated carbocycles. The van der Waals surface area contributed by atoms with Gasteiger partial charge in [-0.2, -0.15) is 0 Å². The molecule has 8 nitrogen and oxygen atoms in total. The fourth-order valence-corrected chi connectivity index (χ4v) is 10.6. The summed E-state index contributed by atoms with van der Waals surface area (Å²) in [5.41, 5.74) is 18.1. The number of aliphatic hydroxyl groups is 1. The number of fused-ring (bicyclic) bond motifs is 10. The molecule has 8 aromatic carbocycles. The van der Waals surface area contributed by atoms with E-state index >= 15 is 0 Å². The Hall–Kier alpha value is -8.10. The summed E-state index contributed by atoms with van der Waals surface area (Å²) in [6.07, 6.45) is 2.08. The molecule has 0 unspecified atom stereocenters. The molecule has 75 heavy (non-hydrogen) atoms. The maximum atomic E-state index is 12.9. The van der Waals surface area contributed by atoms with Crippen molar-refractivity contribution < 1.29 is 30.0 Å². The van der Waals surface area contributed by atoms with Crippen LogP contribution in [0, 0.1) is 12.1 Å². The van der Waals surface area contributed by atoms with Gasteiger partial charge < -0.3 is 13.9 Å². The van der Waals surface area contributed by atoms with Gasteiger partial charge in [-0.25, -0.2) is 0 Å². The molecule has 0 aliphatic carbocycles. The number of imidazole rings is 2. The molecule has 1 N–H and O–H groups in total. The molecule has 371 valence electrons. The number of para-hydroxylation sites is 4. The van der Waals surface area contributed by atoms with Gasteiger partial charge in [-0.1, -0.05) is 172 Å². The van der Waals surface area contributed by atoms with E-state index in [9.17, 15) is 9.90 Å². The zero-order valence-corrected chi connectivity index (χ0v) is 45.3. The first-order valence-electron chi connectivity index (χ1n) is 25.3. The van der Waals surface area contributed by atoms with Crippen LogP contribution in [0.25, 0.3) is 111 Å². The van der Waals surface area contributed by atoms with Crippen LogP contribution >= 0.6 is 0 Å². The summed E-state index contributed by atoms with van der Waals surface area (Å²) in [6, 6.07) is 64.6. The van der Waals surface area contributed by atoms with Crippen LogP contribution in [0.3, 0.4) is 0 Å². The van der Waals surface area contributed by atoms with Gasteiger partial charge >= 0.3 is 0 Å². The second-order valence-corrected chi connectivity index (χ2v) is 21.5. The van der Waals surface area contributed by atoms with Crippen LogP contribution in [0.2, 0.25) is 0 Å². The fraction of sp³-hybridized carbons (Fsp3) is 0.167. The van der Waals surface area contributed by atoms with Crippen LogP contribution in [0.5, 0.6) is 0 Å². The summed E-state index contributed by atoms with van der Waals surface area (Å²) in [5, 5.41) is 11.6. The number of hydrogen-bond donors (Lipinski definition) is 1. The van der Waals surface area contributed by atoms with E-state index in [2.05, 4.69) is 208 Å². The molecule has 0 amide bonds. The van der Waals surface area contributed by atoms with Gasteiger partial charge in [0, 0.05) is 43.4 Å². The van der Waals surface area contributed by atoms with Crippen LogP contribution < -0.4 is 0 Å². The molecule has 0 atom stereocenters. The van der Waals surface area contributed by atoms with Gasteiger partial charge in [0.1, 0.15) is 11.6 Å². The number of hydrogen-bond acceptors (Lipinski definition) is 6. The monoisotopic (exact) mass is 1160 g/mol.